The summed E-state index contributed by atoms with van der Waals surface area (Å²) >= 11 is 0. The van der Waals surface area contributed by atoms with E-state index in [2.05, 4.69) is 4.90 Å². The molecule has 1 saturated heterocycles. The van der Waals surface area contributed by atoms with Crippen LogP contribution in [0.15, 0.2) is 18.2 Å². The van der Waals surface area contributed by atoms with Gasteiger partial charge in [-0.05, 0) is 64.7 Å². The van der Waals surface area contributed by atoms with Gasteiger partial charge in [-0.3, -0.25) is 4.79 Å². The molecule has 1 heterocycles. The Bertz CT molecular complexity index is 862. The van der Waals surface area contributed by atoms with Crippen LogP contribution in [0, 0.1) is 0 Å². The minimum Gasteiger partial charge on any atom is -0.493 e. The largest absolute Gasteiger partial charge is 0.493 e. The molecule has 1 saturated carbocycles. The summed E-state index contributed by atoms with van der Waals surface area (Å²) in [4.78, 5) is 30.7. The van der Waals surface area contributed by atoms with E-state index < -0.39 is 5.60 Å². The number of rotatable bonds is 9. The number of likely N-dealkylation sites (tertiary alicyclic amines) is 1. The lowest BCUT2D eigenvalue weighted by atomic mass is 9.91. The first-order valence-electron chi connectivity index (χ1n) is 13.3. The van der Waals surface area contributed by atoms with Gasteiger partial charge in [0.15, 0.2) is 11.5 Å². The Labute approximate surface area is 216 Å². The van der Waals surface area contributed by atoms with Gasteiger partial charge in [0.05, 0.1) is 19.8 Å². The molecule has 2 amide bonds. The fourth-order valence-electron chi connectivity index (χ4n) is 5.12. The van der Waals surface area contributed by atoms with Crippen LogP contribution in [0.25, 0.3) is 0 Å². The van der Waals surface area contributed by atoms with Crippen molar-refractivity contribution < 1.29 is 28.5 Å². The van der Waals surface area contributed by atoms with Gasteiger partial charge in [0, 0.05) is 44.8 Å². The smallest absolute Gasteiger partial charge is 0.410 e. The second-order valence-electron chi connectivity index (χ2n) is 10.8. The molecule has 0 N–H and O–H groups in total. The third-order valence-electron chi connectivity index (χ3n) is 6.81. The molecule has 2 fully saturated rings. The number of ether oxygens (including phenoxy) is 4. The SMILES string of the molecule is COCCCOc1cc(C(=O)N(C2CCCCC2)[C@@H]2CCCN(C(=O)OC(C)(C)C)C2)ccc1OC. The minimum atomic E-state index is -0.550. The van der Waals surface area contributed by atoms with Gasteiger partial charge in [0.1, 0.15) is 5.60 Å². The van der Waals surface area contributed by atoms with Gasteiger partial charge in [0.25, 0.3) is 5.91 Å². The molecule has 1 aliphatic heterocycles. The molecule has 0 aromatic heterocycles. The van der Waals surface area contributed by atoms with Crippen LogP contribution in [0.1, 0.15) is 82.5 Å². The third-order valence-corrected chi connectivity index (χ3v) is 6.81. The van der Waals surface area contributed by atoms with E-state index in [0.29, 0.717) is 43.4 Å². The van der Waals surface area contributed by atoms with Gasteiger partial charge in [-0.25, -0.2) is 4.79 Å². The molecule has 3 rings (SSSR count). The lowest BCUT2D eigenvalue weighted by molar-refractivity contribution is 0.00378. The molecule has 0 unspecified atom stereocenters. The van der Waals surface area contributed by atoms with Crippen LogP contribution in [0.5, 0.6) is 11.5 Å². The van der Waals surface area contributed by atoms with Crippen molar-refractivity contribution in [1.82, 2.24) is 9.80 Å². The summed E-state index contributed by atoms with van der Waals surface area (Å²) in [6, 6.07) is 5.52. The van der Waals surface area contributed by atoms with Crippen LogP contribution >= 0.6 is 0 Å². The number of piperidine rings is 1. The van der Waals surface area contributed by atoms with Crippen molar-refractivity contribution in [2.75, 3.05) is 40.5 Å². The van der Waals surface area contributed by atoms with Crippen LogP contribution in [-0.2, 0) is 9.47 Å². The number of hydrogen-bond donors (Lipinski definition) is 0. The summed E-state index contributed by atoms with van der Waals surface area (Å²) in [6.07, 6.45) is 7.58. The molecule has 2 aliphatic rings. The van der Waals surface area contributed by atoms with Crippen molar-refractivity contribution in [1.29, 1.82) is 0 Å². The Balaban J connectivity index is 1.83. The normalized spacial score (nSPS) is 19.0. The Morgan fingerprint density at radius 2 is 1.69 bits per heavy atom. The summed E-state index contributed by atoms with van der Waals surface area (Å²) in [7, 11) is 3.26. The van der Waals surface area contributed by atoms with Gasteiger partial charge in [-0.1, -0.05) is 19.3 Å². The summed E-state index contributed by atoms with van der Waals surface area (Å²) in [5.74, 6) is 1.14. The molecule has 8 heteroatoms. The molecule has 1 aliphatic carbocycles. The predicted octanol–water partition coefficient (Wildman–Crippen LogP) is 5.28. The quantitative estimate of drug-likeness (QED) is 0.426. The van der Waals surface area contributed by atoms with E-state index in [4.69, 9.17) is 18.9 Å². The van der Waals surface area contributed by atoms with Crippen molar-refractivity contribution in [3.63, 3.8) is 0 Å². The third kappa shape index (κ3) is 7.76. The van der Waals surface area contributed by atoms with E-state index in [9.17, 15) is 9.59 Å². The minimum absolute atomic E-state index is 0.0117. The summed E-state index contributed by atoms with van der Waals surface area (Å²) in [5.41, 5.74) is 0.0311. The van der Waals surface area contributed by atoms with Crippen LogP contribution in [0.3, 0.4) is 0 Å². The highest BCUT2D eigenvalue weighted by Gasteiger charge is 2.37. The van der Waals surface area contributed by atoms with Crippen molar-refractivity contribution in [2.45, 2.75) is 89.8 Å². The van der Waals surface area contributed by atoms with E-state index >= 15 is 0 Å². The summed E-state index contributed by atoms with van der Waals surface area (Å²) < 4.78 is 22.2. The van der Waals surface area contributed by atoms with Crippen LogP contribution < -0.4 is 9.47 Å². The van der Waals surface area contributed by atoms with Crippen LogP contribution in [0.4, 0.5) is 4.79 Å². The molecule has 0 bridgehead atoms. The van der Waals surface area contributed by atoms with Crippen molar-refractivity contribution in [2.24, 2.45) is 0 Å². The van der Waals surface area contributed by atoms with E-state index in [0.717, 1.165) is 44.9 Å². The zero-order valence-electron chi connectivity index (χ0n) is 22.7. The van der Waals surface area contributed by atoms with Gasteiger partial charge < -0.3 is 28.7 Å². The first kappa shape index (κ1) is 28.1. The molecule has 1 atom stereocenters. The van der Waals surface area contributed by atoms with Crippen molar-refractivity contribution in [3.05, 3.63) is 23.8 Å². The Hall–Kier alpha value is -2.48. The van der Waals surface area contributed by atoms with Gasteiger partial charge in [-0.15, -0.1) is 0 Å². The highest BCUT2D eigenvalue weighted by Crippen LogP contribution is 2.33. The van der Waals surface area contributed by atoms with E-state index in [1.54, 1.807) is 31.3 Å². The van der Waals surface area contributed by atoms with E-state index in [-0.39, 0.29) is 24.1 Å². The second-order valence-corrected chi connectivity index (χ2v) is 10.8. The number of nitrogens with zero attached hydrogens (tertiary/aromatic N) is 2. The Morgan fingerprint density at radius 1 is 0.972 bits per heavy atom. The number of methoxy groups -OCH3 is 2. The van der Waals surface area contributed by atoms with Crippen molar-refractivity contribution in [3.8, 4) is 11.5 Å². The molecular weight excluding hydrogens is 460 g/mol. The summed E-state index contributed by atoms with van der Waals surface area (Å²) in [6.45, 7) is 7.86. The molecule has 36 heavy (non-hydrogen) atoms. The van der Waals surface area contributed by atoms with Gasteiger partial charge >= 0.3 is 6.09 Å². The predicted molar refractivity (Wildman–Crippen MR) is 139 cm³/mol. The number of carbonyl (C=O) groups excluding carboxylic acids is 2. The molecule has 202 valence electrons. The maximum Gasteiger partial charge on any atom is 0.410 e. The fourth-order valence-corrected chi connectivity index (χ4v) is 5.12. The van der Waals surface area contributed by atoms with E-state index in [1.165, 1.54) is 6.42 Å². The van der Waals surface area contributed by atoms with Gasteiger partial charge in [-0.2, -0.15) is 0 Å². The lowest BCUT2D eigenvalue weighted by Gasteiger charge is -2.44. The Kier molecular flexibility index (Phi) is 10.3. The van der Waals surface area contributed by atoms with E-state index in [1.807, 2.05) is 26.8 Å². The maximum absolute atomic E-state index is 14.1. The number of benzene rings is 1. The molecule has 8 nitrogen and oxygen atoms in total. The fraction of sp³-hybridized carbons (Fsp3) is 0.714. The topological polar surface area (TPSA) is 77.5 Å². The molecular formula is C28H44N2O6. The molecule has 1 aromatic rings. The number of hydrogen-bond acceptors (Lipinski definition) is 6. The molecule has 0 radical (unpaired) electrons. The Morgan fingerprint density at radius 3 is 2.36 bits per heavy atom. The average Bonchev–Trinajstić information content (AvgIpc) is 2.86. The highest BCUT2D eigenvalue weighted by atomic mass is 16.6. The average molecular weight is 505 g/mol. The zero-order valence-corrected chi connectivity index (χ0v) is 22.7. The van der Waals surface area contributed by atoms with Crippen molar-refractivity contribution >= 4 is 12.0 Å². The maximum atomic E-state index is 14.1. The lowest BCUT2D eigenvalue weighted by Crippen LogP contribution is -2.56. The standard InChI is InChI=1S/C28H44N2O6/c1-28(2,3)36-27(32)29-16-9-13-23(20-29)30(22-11-7-6-8-12-22)26(31)21-14-15-24(34-5)25(19-21)35-18-10-17-33-4/h14-15,19,22-23H,6-13,16-18,20H2,1-5H3/t23-/m1/s1. The zero-order chi connectivity index (χ0) is 26.1. The second kappa shape index (κ2) is 13.2. The molecule has 0 spiro atoms. The van der Waals surface area contributed by atoms with Crippen LogP contribution in [0.2, 0.25) is 0 Å². The van der Waals surface area contributed by atoms with Gasteiger partial charge in [0.2, 0.25) is 0 Å². The highest BCUT2D eigenvalue weighted by molar-refractivity contribution is 5.95. The monoisotopic (exact) mass is 504 g/mol. The number of amides is 2. The number of carbonyl (C=O) groups is 2. The summed E-state index contributed by atoms with van der Waals surface area (Å²) in [5, 5.41) is 0. The van der Waals surface area contributed by atoms with Crippen LogP contribution in [-0.4, -0.2) is 80.0 Å². The first-order valence-corrected chi connectivity index (χ1v) is 13.3. The first-order chi connectivity index (χ1) is 17.2. The molecule has 1 aromatic carbocycles.